The van der Waals surface area contributed by atoms with Crippen LogP contribution in [0.5, 0.6) is 5.75 Å². The van der Waals surface area contributed by atoms with E-state index in [0.717, 1.165) is 6.07 Å². The molecular formula is C10H8F3N2O4-. The smallest absolute Gasteiger partial charge is 0.471 e. The Morgan fingerprint density at radius 3 is 2.74 bits per heavy atom. The van der Waals surface area contributed by atoms with Crippen LogP contribution in [-0.4, -0.2) is 30.4 Å². The summed E-state index contributed by atoms with van der Waals surface area (Å²) in [7, 11) is 0. The Hall–Kier alpha value is -2.00. The van der Waals surface area contributed by atoms with Gasteiger partial charge in [-0.3, -0.25) is 14.9 Å². The largest absolute Gasteiger partial charge is 0.733 e. The van der Waals surface area contributed by atoms with Gasteiger partial charge >= 0.3 is 12.1 Å². The van der Waals surface area contributed by atoms with E-state index in [4.69, 9.17) is 9.94 Å². The number of ether oxygens (including phenoxy) is 1. The van der Waals surface area contributed by atoms with Crippen LogP contribution in [0.3, 0.4) is 0 Å². The zero-order valence-electron chi connectivity index (χ0n) is 9.35. The molecule has 9 heteroatoms. The number of benzene rings is 1. The van der Waals surface area contributed by atoms with Crippen LogP contribution in [-0.2, 0) is 4.79 Å². The van der Waals surface area contributed by atoms with Gasteiger partial charge in [-0.1, -0.05) is 6.07 Å². The van der Waals surface area contributed by atoms with Gasteiger partial charge in [0, 0.05) is 0 Å². The molecule has 0 atom stereocenters. The number of amides is 1. The Morgan fingerprint density at radius 2 is 2.16 bits per heavy atom. The lowest BCUT2D eigenvalue weighted by Gasteiger charge is -2.34. The fourth-order valence-electron chi connectivity index (χ4n) is 1.77. The molecule has 0 unspecified atom stereocenters. The predicted molar refractivity (Wildman–Crippen MR) is 58.0 cm³/mol. The molecule has 19 heavy (non-hydrogen) atoms. The molecule has 0 bridgehead atoms. The number of para-hydroxylation sites is 1. The summed E-state index contributed by atoms with van der Waals surface area (Å²) < 4.78 is 42.5. The number of nitrogens with zero attached hydrogens (tertiary/aromatic N) is 2. The first-order valence-electron chi connectivity index (χ1n) is 5.13. The van der Waals surface area contributed by atoms with Crippen molar-refractivity contribution in [3.8, 4) is 5.75 Å². The molecule has 0 saturated heterocycles. The van der Waals surface area contributed by atoms with Crippen LogP contribution in [0.1, 0.15) is 0 Å². The zero-order valence-corrected chi connectivity index (χ0v) is 9.35. The minimum Gasteiger partial charge on any atom is -0.733 e. The first-order valence-corrected chi connectivity index (χ1v) is 5.13. The third kappa shape index (κ3) is 2.42. The number of anilines is 2. The highest BCUT2D eigenvalue weighted by Gasteiger charge is 2.45. The van der Waals surface area contributed by atoms with E-state index >= 15 is 0 Å². The molecule has 6 nitrogen and oxygen atoms in total. The van der Waals surface area contributed by atoms with Crippen LogP contribution in [0.25, 0.3) is 0 Å². The van der Waals surface area contributed by atoms with Crippen LogP contribution >= 0.6 is 0 Å². The molecule has 1 N–H and O–H groups in total. The molecule has 1 aromatic carbocycles. The van der Waals surface area contributed by atoms with Crippen molar-refractivity contribution in [2.24, 2.45) is 0 Å². The molecule has 0 fully saturated rings. The van der Waals surface area contributed by atoms with Crippen LogP contribution in [0, 0.1) is 5.21 Å². The highest BCUT2D eigenvalue weighted by atomic mass is 19.4. The summed E-state index contributed by atoms with van der Waals surface area (Å²) in [5.74, 6) is -2.19. The van der Waals surface area contributed by atoms with Crippen LogP contribution in [0.4, 0.5) is 24.5 Å². The van der Waals surface area contributed by atoms with E-state index in [1.54, 1.807) is 0 Å². The molecule has 1 heterocycles. The number of carbonyl (C=O) groups excluding carboxylic acids is 1. The molecule has 0 spiro atoms. The average molecular weight is 277 g/mol. The maximum Gasteiger partial charge on any atom is 0.471 e. The summed E-state index contributed by atoms with van der Waals surface area (Å²) >= 11 is 0. The van der Waals surface area contributed by atoms with E-state index in [1.807, 2.05) is 0 Å². The van der Waals surface area contributed by atoms with Crippen molar-refractivity contribution < 1.29 is 27.9 Å². The van der Waals surface area contributed by atoms with Crippen molar-refractivity contribution >= 4 is 17.3 Å². The second-order valence-corrected chi connectivity index (χ2v) is 3.70. The second kappa shape index (κ2) is 4.59. The average Bonchev–Trinajstić information content (AvgIpc) is 2.35. The number of rotatable bonds is 1. The second-order valence-electron chi connectivity index (χ2n) is 3.70. The van der Waals surface area contributed by atoms with Gasteiger partial charge < -0.3 is 15.2 Å². The van der Waals surface area contributed by atoms with E-state index < -0.39 is 28.7 Å². The quantitative estimate of drug-likeness (QED) is 0.790. The van der Waals surface area contributed by atoms with Crippen LogP contribution in [0.15, 0.2) is 18.2 Å². The maximum absolute atomic E-state index is 12.5. The molecular weight excluding hydrogens is 269 g/mol. The molecule has 0 aromatic heterocycles. The zero-order chi connectivity index (χ0) is 14.2. The van der Waals surface area contributed by atoms with Gasteiger partial charge in [-0.15, -0.1) is 0 Å². The highest BCUT2D eigenvalue weighted by molar-refractivity contribution is 6.02. The van der Waals surface area contributed by atoms with E-state index in [2.05, 4.69) is 0 Å². The van der Waals surface area contributed by atoms with Crippen molar-refractivity contribution in [1.29, 1.82) is 0 Å². The third-order valence-corrected chi connectivity index (χ3v) is 2.51. The Labute approximate surface area is 105 Å². The molecule has 0 saturated carbocycles. The van der Waals surface area contributed by atoms with Crippen molar-refractivity contribution in [3.63, 3.8) is 0 Å². The number of hydrogen-bond donors (Lipinski definition) is 1. The van der Waals surface area contributed by atoms with Crippen molar-refractivity contribution in [2.45, 2.75) is 6.18 Å². The van der Waals surface area contributed by atoms with Gasteiger partial charge in [-0.05, 0) is 12.1 Å². The summed E-state index contributed by atoms with van der Waals surface area (Å²) in [5, 5.41) is 19.2. The van der Waals surface area contributed by atoms with Crippen molar-refractivity contribution in [3.05, 3.63) is 23.4 Å². The van der Waals surface area contributed by atoms with Crippen LogP contribution < -0.4 is 14.9 Å². The molecule has 0 radical (unpaired) electrons. The number of fused-ring (bicyclic) bond motifs is 1. The molecule has 1 aliphatic rings. The summed E-state index contributed by atoms with van der Waals surface area (Å²) in [6.07, 6.45) is -5.08. The summed E-state index contributed by atoms with van der Waals surface area (Å²) in [4.78, 5) is 11.7. The van der Waals surface area contributed by atoms with Gasteiger partial charge in [0.1, 0.15) is 18.0 Å². The number of carbonyl (C=O) groups is 1. The van der Waals surface area contributed by atoms with Gasteiger partial charge in [-0.2, -0.15) is 13.2 Å². The SMILES string of the molecule is O=C(N1CCOc2cccc(N([O-])O)c21)C(F)(F)F. The van der Waals surface area contributed by atoms with E-state index in [-0.39, 0.29) is 18.9 Å². The molecule has 1 amide bonds. The van der Waals surface area contributed by atoms with E-state index in [0.29, 0.717) is 4.90 Å². The van der Waals surface area contributed by atoms with E-state index in [9.17, 15) is 23.2 Å². The summed E-state index contributed by atoms with van der Waals surface area (Å²) in [5.41, 5.74) is -0.886. The number of alkyl halides is 3. The van der Waals surface area contributed by atoms with Crippen molar-refractivity contribution in [2.75, 3.05) is 23.3 Å². The lowest BCUT2D eigenvalue weighted by atomic mass is 10.2. The fraction of sp³-hybridized carbons (Fsp3) is 0.300. The fourth-order valence-corrected chi connectivity index (χ4v) is 1.77. The highest BCUT2D eigenvalue weighted by Crippen LogP contribution is 2.41. The monoisotopic (exact) mass is 277 g/mol. The number of halogens is 3. The molecule has 0 aliphatic carbocycles. The predicted octanol–water partition coefficient (Wildman–Crippen LogP) is 1.67. The normalized spacial score (nSPS) is 14.7. The molecule has 2 rings (SSSR count). The Morgan fingerprint density at radius 1 is 1.47 bits per heavy atom. The topological polar surface area (TPSA) is 76.1 Å². The van der Waals surface area contributed by atoms with E-state index in [1.165, 1.54) is 12.1 Å². The molecule has 104 valence electrons. The molecule has 1 aromatic rings. The first kappa shape index (κ1) is 13.4. The lowest BCUT2D eigenvalue weighted by Crippen LogP contribution is -2.45. The van der Waals surface area contributed by atoms with Gasteiger partial charge in [0.15, 0.2) is 0 Å². The standard InChI is InChI=1S/C10H8F3N2O4/c11-10(12,13)9(16)14-4-5-19-7-3-1-2-6(8(7)14)15(17)18/h1-3,17H,4-5H2/q-1. The lowest BCUT2D eigenvalue weighted by molar-refractivity contribution is -0.170. The minimum atomic E-state index is -5.08. The van der Waals surface area contributed by atoms with Crippen LogP contribution in [0.2, 0.25) is 0 Å². The summed E-state index contributed by atoms with van der Waals surface area (Å²) in [6.45, 7) is -0.501. The van der Waals surface area contributed by atoms with Gasteiger partial charge in [-0.25, -0.2) is 0 Å². The molecule has 1 aliphatic heterocycles. The minimum absolute atomic E-state index is 0.0729. The Balaban J connectivity index is 2.51. The van der Waals surface area contributed by atoms with Gasteiger partial charge in [0.2, 0.25) is 0 Å². The number of hydrogen-bond acceptors (Lipinski definition) is 5. The third-order valence-electron chi connectivity index (χ3n) is 2.51. The Bertz CT molecular complexity index is 504. The Kier molecular flexibility index (Phi) is 3.25. The summed E-state index contributed by atoms with van der Waals surface area (Å²) in [6, 6.07) is 3.70. The van der Waals surface area contributed by atoms with Gasteiger partial charge in [0.25, 0.3) is 0 Å². The maximum atomic E-state index is 12.5. The van der Waals surface area contributed by atoms with Crippen molar-refractivity contribution in [1.82, 2.24) is 0 Å². The van der Waals surface area contributed by atoms with Gasteiger partial charge in [0.05, 0.1) is 12.2 Å². The first-order chi connectivity index (χ1) is 8.82.